The molecule has 1 saturated heterocycles. The fourth-order valence-electron chi connectivity index (χ4n) is 1.67. The molecule has 2 heterocycles. The van der Waals surface area contributed by atoms with Crippen molar-refractivity contribution in [2.45, 2.75) is 24.0 Å². The molecular weight excluding hydrogens is 218 g/mol. The van der Waals surface area contributed by atoms with E-state index < -0.39 is 16.1 Å². The summed E-state index contributed by atoms with van der Waals surface area (Å²) in [6.07, 6.45) is 2.19. The van der Waals surface area contributed by atoms with Gasteiger partial charge in [-0.25, -0.2) is 8.42 Å². The molecule has 1 aromatic rings. The van der Waals surface area contributed by atoms with Crippen molar-refractivity contribution in [2.24, 2.45) is 0 Å². The van der Waals surface area contributed by atoms with Gasteiger partial charge < -0.3 is 5.11 Å². The van der Waals surface area contributed by atoms with E-state index in [9.17, 15) is 13.5 Å². The SMILES string of the molecule is O=S(=O)(c1ccn[nH]1)N1CCC[C@H](O)C1. The van der Waals surface area contributed by atoms with Crippen LogP contribution in [0.2, 0.25) is 0 Å². The number of nitrogens with zero attached hydrogens (tertiary/aromatic N) is 2. The fourth-order valence-corrected chi connectivity index (χ4v) is 3.08. The Morgan fingerprint density at radius 2 is 2.40 bits per heavy atom. The van der Waals surface area contributed by atoms with Crippen molar-refractivity contribution < 1.29 is 13.5 Å². The number of rotatable bonds is 2. The summed E-state index contributed by atoms with van der Waals surface area (Å²) in [5, 5.41) is 15.5. The molecule has 1 aliphatic heterocycles. The Hall–Kier alpha value is -0.920. The van der Waals surface area contributed by atoms with E-state index in [1.165, 1.54) is 16.6 Å². The fraction of sp³-hybridized carbons (Fsp3) is 0.625. The van der Waals surface area contributed by atoms with Crippen LogP contribution in [0.25, 0.3) is 0 Å². The van der Waals surface area contributed by atoms with Crippen molar-refractivity contribution >= 4 is 10.0 Å². The second-order valence-corrected chi connectivity index (χ2v) is 5.49. The maximum atomic E-state index is 11.9. The number of hydrogen-bond acceptors (Lipinski definition) is 4. The van der Waals surface area contributed by atoms with Crippen molar-refractivity contribution in [2.75, 3.05) is 13.1 Å². The Bertz CT molecular complexity index is 414. The number of aromatic amines is 1. The molecule has 0 saturated carbocycles. The van der Waals surface area contributed by atoms with Crippen molar-refractivity contribution in [3.63, 3.8) is 0 Å². The van der Waals surface area contributed by atoms with Gasteiger partial charge >= 0.3 is 0 Å². The van der Waals surface area contributed by atoms with Crippen LogP contribution < -0.4 is 0 Å². The Morgan fingerprint density at radius 3 is 3.00 bits per heavy atom. The van der Waals surface area contributed by atoms with Crippen LogP contribution in [0.1, 0.15) is 12.8 Å². The second-order valence-electron chi connectivity index (χ2n) is 3.58. The molecule has 0 radical (unpaired) electrons. The Kier molecular flexibility index (Phi) is 2.76. The van der Waals surface area contributed by atoms with Crippen LogP contribution in [-0.2, 0) is 10.0 Å². The van der Waals surface area contributed by atoms with Crippen LogP contribution in [0.3, 0.4) is 0 Å². The minimum atomic E-state index is -3.50. The van der Waals surface area contributed by atoms with E-state index in [-0.39, 0.29) is 11.6 Å². The number of sulfonamides is 1. The summed E-state index contributed by atoms with van der Waals surface area (Å²) in [6.45, 7) is 0.625. The topological polar surface area (TPSA) is 86.3 Å². The van der Waals surface area contributed by atoms with Crippen molar-refractivity contribution in [1.29, 1.82) is 0 Å². The van der Waals surface area contributed by atoms with Gasteiger partial charge in [-0.3, -0.25) is 5.10 Å². The average Bonchev–Trinajstić information content (AvgIpc) is 2.71. The Labute approximate surface area is 88.0 Å². The van der Waals surface area contributed by atoms with Gasteiger partial charge in [-0.15, -0.1) is 0 Å². The Morgan fingerprint density at radius 1 is 1.60 bits per heavy atom. The first-order valence-corrected chi connectivity index (χ1v) is 6.22. The zero-order valence-electron chi connectivity index (χ0n) is 8.13. The smallest absolute Gasteiger partial charge is 0.260 e. The van der Waals surface area contributed by atoms with Gasteiger partial charge in [0.25, 0.3) is 10.0 Å². The van der Waals surface area contributed by atoms with Gasteiger partial charge in [0.05, 0.1) is 12.3 Å². The van der Waals surface area contributed by atoms with Crippen LogP contribution >= 0.6 is 0 Å². The highest BCUT2D eigenvalue weighted by atomic mass is 32.2. The number of β-amino-alcohol motifs (C(OH)–C–C–N with tert-alkyl or cyclic N) is 1. The standard InChI is InChI=1S/C8H13N3O3S/c12-7-2-1-5-11(6-7)15(13,14)8-3-4-9-10-8/h3-4,7,12H,1-2,5-6H2,(H,9,10)/t7-/m0/s1. The number of aliphatic hydroxyl groups is 1. The lowest BCUT2D eigenvalue weighted by molar-refractivity contribution is 0.108. The molecule has 0 aliphatic carbocycles. The van der Waals surface area contributed by atoms with Gasteiger partial charge in [-0.2, -0.15) is 9.40 Å². The first kappa shape index (κ1) is 10.6. The maximum absolute atomic E-state index is 11.9. The summed E-state index contributed by atoms with van der Waals surface area (Å²) in [5.74, 6) is 0. The van der Waals surface area contributed by atoms with E-state index in [0.29, 0.717) is 19.4 Å². The average molecular weight is 231 g/mol. The molecule has 15 heavy (non-hydrogen) atoms. The lowest BCUT2D eigenvalue weighted by Gasteiger charge is -2.28. The quantitative estimate of drug-likeness (QED) is 0.722. The highest BCUT2D eigenvalue weighted by Crippen LogP contribution is 2.18. The van der Waals surface area contributed by atoms with Crippen LogP contribution in [0, 0.1) is 0 Å². The molecule has 0 amide bonds. The molecule has 7 heteroatoms. The number of nitrogens with one attached hydrogen (secondary N) is 1. The summed E-state index contributed by atoms with van der Waals surface area (Å²) < 4.78 is 25.2. The van der Waals surface area contributed by atoms with Crippen molar-refractivity contribution in [3.8, 4) is 0 Å². The third-order valence-electron chi connectivity index (χ3n) is 2.45. The molecular formula is C8H13N3O3S. The van der Waals surface area contributed by atoms with Gasteiger partial charge in [0.1, 0.15) is 0 Å². The van der Waals surface area contributed by atoms with Gasteiger partial charge in [0, 0.05) is 13.1 Å². The number of aliphatic hydroxyl groups excluding tert-OH is 1. The molecule has 1 fully saturated rings. The molecule has 6 nitrogen and oxygen atoms in total. The van der Waals surface area contributed by atoms with E-state index >= 15 is 0 Å². The Balaban J connectivity index is 2.22. The van der Waals surface area contributed by atoms with Crippen LogP contribution in [0.5, 0.6) is 0 Å². The molecule has 0 aromatic carbocycles. The van der Waals surface area contributed by atoms with Gasteiger partial charge in [0.15, 0.2) is 5.03 Å². The molecule has 2 rings (SSSR count). The van der Waals surface area contributed by atoms with Crippen molar-refractivity contribution in [3.05, 3.63) is 12.3 Å². The van der Waals surface area contributed by atoms with Crippen LogP contribution in [-0.4, -0.2) is 47.2 Å². The molecule has 0 bridgehead atoms. The minimum absolute atomic E-state index is 0.0802. The molecule has 1 aromatic heterocycles. The predicted octanol–water partition coefficient (Wildman–Crippen LogP) is -0.445. The summed E-state index contributed by atoms with van der Waals surface area (Å²) in [7, 11) is -3.50. The highest BCUT2D eigenvalue weighted by molar-refractivity contribution is 7.89. The molecule has 0 spiro atoms. The summed E-state index contributed by atoms with van der Waals surface area (Å²) >= 11 is 0. The third kappa shape index (κ3) is 2.04. The normalized spacial score (nSPS) is 24.2. The predicted molar refractivity (Wildman–Crippen MR) is 52.6 cm³/mol. The molecule has 84 valence electrons. The second kappa shape index (κ2) is 3.92. The monoisotopic (exact) mass is 231 g/mol. The summed E-state index contributed by atoms with van der Waals surface area (Å²) in [4.78, 5) is 0. The first-order valence-electron chi connectivity index (χ1n) is 4.78. The minimum Gasteiger partial charge on any atom is -0.392 e. The number of aromatic nitrogens is 2. The van der Waals surface area contributed by atoms with E-state index in [4.69, 9.17) is 0 Å². The van der Waals surface area contributed by atoms with E-state index in [2.05, 4.69) is 10.2 Å². The molecule has 1 atom stereocenters. The van der Waals surface area contributed by atoms with Gasteiger partial charge in [0.2, 0.25) is 0 Å². The summed E-state index contributed by atoms with van der Waals surface area (Å²) in [6, 6.07) is 1.41. The van der Waals surface area contributed by atoms with E-state index in [1.807, 2.05) is 0 Å². The lowest BCUT2D eigenvalue weighted by atomic mass is 10.1. The van der Waals surface area contributed by atoms with Crippen LogP contribution in [0.4, 0.5) is 0 Å². The maximum Gasteiger partial charge on any atom is 0.260 e. The molecule has 2 N–H and O–H groups in total. The number of piperidine rings is 1. The highest BCUT2D eigenvalue weighted by Gasteiger charge is 2.30. The largest absolute Gasteiger partial charge is 0.392 e. The van der Waals surface area contributed by atoms with E-state index in [0.717, 1.165) is 0 Å². The molecule has 1 aliphatic rings. The zero-order valence-corrected chi connectivity index (χ0v) is 8.94. The third-order valence-corrected chi connectivity index (χ3v) is 4.25. The molecule has 0 unspecified atom stereocenters. The van der Waals surface area contributed by atoms with Crippen molar-refractivity contribution in [1.82, 2.24) is 14.5 Å². The van der Waals surface area contributed by atoms with E-state index in [1.54, 1.807) is 0 Å². The lowest BCUT2D eigenvalue weighted by Crippen LogP contribution is -2.42. The number of hydrogen-bond donors (Lipinski definition) is 2. The summed E-state index contributed by atoms with van der Waals surface area (Å²) in [5.41, 5.74) is 0. The van der Waals surface area contributed by atoms with Gasteiger partial charge in [-0.05, 0) is 18.9 Å². The van der Waals surface area contributed by atoms with Gasteiger partial charge in [-0.1, -0.05) is 0 Å². The number of H-pyrrole nitrogens is 1. The van der Waals surface area contributed by atoms with Crippen LogP contribution in [0.15, 0.2) is 17.3 Å². The zero-order chi connectivity index (χ0) is 10.9. The first-order chi connectivity index (χ1) is 7.10.